The van der Waals surface area contributed by atoms with Gasteiger partial charge in [0.05, 0.1) is 6.04 Å². The van der Waals surface area contributed by atoms with Gasteiger partial charge >= 0.3 is 0 Å². The Morgan fingerprint density at radius 2 is 2.40 bits per heavy atom. The van der Waals surface area contributed by atoms with Gasteiger partial charge in [-0.05, 0) is 18.8 Å². The molecular weight excluding hydrogens is 192 g/mol. The molecule has 1 amide bonds. The molecule has 1 aromatic rings. The van der Waals surface area contributed by atoms with Crippen molar-refractivity contribution in [3.8, 4) is 0 Å². The van der Waals surface area contributed by atoms with Gasteiger partial charge in [0.1, 0.15) is 12.2 Å². The van der Waals surface area contributed by atoms with Crippen LogP contribution in [0.1, 0.15) is 39.1 Å². The molecule has 2 unspecified atom stereocenters. The van der Waals surface area contributed by atoms with Crippen molar-refractivity contribution in [1.29, 1.82) is 0 Å². The molecule has 0 aliphatic heterocycles. The summed E-state index contributed by atoms with van der Waals surface area (Å²) in [6, 6.07) is -0.101. The molecule has 2 atom stereocenters. The summed E-state index contributed by atoms with van der Waals surface area (Å²) in [5.41, 5.74) is 0.172. The molecule has 5 nitrogen and oxygen atoms in total. The first-order valence-corrected chi connectivity index (χ1v) is 5.16. The normalized spacial score (nSPS) is 24.6. The molecular formula is C10H16N4O. The van der Waals surface area contributed by atoms with Gasteiger partial charge in [-0.1, -0.05) is 13.8 Å². The average molecular weight is 208 g/mol. The summed E-state index contributed by atoms with van der Waals surface area (Å²) in [6.07, 6.45) is 2.42. The van der Waals surface area contributed by atoms with Gasteiger partial charge in [0, 0.05) is 5.92 Å². The number of carbonyl (C=O) groups is 1. The van der Waals surface area contributed by atoms with E-state index in [1.807, 2.05) is 6.92 Å². The van der Waals surface area contributed by atoms with E-state index in [0.29, 0.717) is 5.82 Å². The summed E-state index contributed by atoms with van der Waals surface area (Å²) in [6.45, 7) is 6.11. The maximum absolute atomic E-state index is 11.8. The van der Waals surface area contributed by atoms with Crippen molar-refractivity contribution in [2.45, 2.75) is 33.2 Å². The molecule has 0 spiro atoms. The van der Waals surface area contributed by atoms with E-state index in [4.69, 9.17) is 0 Å². The number of H-pyrrole nitrogens is 1. The van der Waals surface area contributed by atoms with Crippen molar-refractivity contribution in [2.75, 3.05) is 0 Å². The van der Waals surface area contributed by atoms with E-state index >= 15 is 0 Å². The van der Waals surface area contributed by atoms with Crippen molar-refractivity contribution in [3.05, 3.63) is 12.2 Å². The summed E-state index contributed by atoms with van der Waals surface area (Å²) in [7, 11) is 0. The summed E-state index contributed by atoms with van der Waals surface area (Å²) in [5.74, 6) is 0.966. The summed E-state index contributed by atoms with van der Waals surface area (Å²) in [5, 5.41) is 9.43. The monoisotopic (exact) mass is 208 g/mol. The number of nitrogens with zero attached hydrogens (tertiary/aromatic N) is 2. The van der Waals surface area contributed by atoms with Crippen LogP contribution in [0.4, 0.5) is 0 Å². The highest BCUT2D eigenvalue weighted by atomic mass is 16.2. The highest BCUT2D eigenvalue weighted by molar-refractivity contribution is 5.82. The van der Waals surface area contributed by atoms with Crippen molar-refractivity contribution < 1.29 is 4.79 Å². The minimum atomic E-state index is -0.101. The number of aromatic nitrogens is 3. The maximum Gasteiger partial charge on any atom is 0.224 e. The molecule has 1 saturated carbocycles. The molecule has 1 aliphatic carbocycles. The molecule has 82 valence electrons. The molecule has 1 aliphatic rings. The van der Waals surface area contributed by atoms with Crippen LogP contribution in [0, 0.1) is 11.3 Å². The largest absolute Gasteiger partial charge is 0.346 e. The second kappa shape index (κ2) is 3.32. The Bertz CT molecular complexity index is 358. The topological polar surface area (TPSA) is 70.7 Å². The lowest BCUT2D eigenvalue weighted by molar-refractivity contribution is -0.123. The molecule has 1 fully saturated rings. The number of hydrogen-bond donors (Lipinski definition) is 2. The first-order valence-electron chi connectivity index (χ1n) is 5.16. The van der Waals surface area contributed by atoms with Crippen LogP contribution in [-0.4, -0.2) is 21.1 Å². The lowest BCUT2D eigenvalue weighted by Crippen LogP contribution is -2.29. The van der Waals surface area contributed by atoms with Gasteiger partial charge in [-0.25, -0.2) is 4.98 Å². The minimum absolute atomic E-state index is 0.101. The third kappa shape index (κ3) is 2.00. The standard InChI is InChI=1S/C10H16N4O/c1-6(8-11-5-12-14-8)13-9(15)7-4-10(7,2)3/h5-7H,4H2,1-3H3,(H,13,15)(H,11,12,14). The molecule has 5 heteroatoms. The van der Waals surface area contributed by atoms with Crippen molar-refractivity contribution in [2.24, 2.45) is 11.3 Å². The lowest BCUT2D eigenvalue weighted by Gasteiger charge is -2.11. The van der Waals surface area contributed by atoms with Gasteiger partial charge in [-0.15, -0.1) is 0 Å². The molecule has 0 saturated heterocycles. The van der Waals surface area contributed by atoms with Gasteiger partial charge in [0.15, 0.2) is 0 Å². The van der Waals surface area contributed by atoms with Crippen molar-refractivity contribution in [1.82, 2.24) is 20.5 Å². The molecule has 0 radical (unpaired) electrons. The summed E-state index contributed by atoms with van der Waals surface area (Å²) >= 11 is 0. The van der Waals surface area contributed by atoms with E-state index in [1.165, 1.54) is 6.33 Å². The molecule has 15 heavy (non-hydrogen) atoms. The lowest BCUT2D eigenvalue weighted by atomic mass is 10.1. The van der Waals surface area contributed by atoms with E-state index in [1.54, 1.807) is 0 Å². The van der Waals surface area contributed by atoms with Crippen LogP contribution in [0.25, 0.3) is 0 Å². The second-order valence-electron chi connectivity index (χ2n) is 4.85. The van der Waals surface area contributed by atoms with E-state index in [9.17, 15) is 4.79 Å². The van der Waals surface area contributed by atoms with E-state index in [-0.39, 0.29) is 23.3 Å². The van der Waals surface area contributed by atoms with Gasteiger partial charge in [0.2, 0.25) is 5.91 Å². The first-order chi connectivity index (χ1) is 7.00. The van der Waals surface area contributed by atoms with Gasteiger partial charge < -0.3 is 5.32 Å². The van der Waals surface area contributed by atoms with E-state index < -0.39 is 0 Å². The number of rotatable bonds is 3. The highest BCUT2D eigenvalue weighted by Crippen LogP contribution is 2.51. The number of amides is 1. The Balaban J connectivity index is 1.90. The zero-order valence-corrected chi connectivity index (χ0v) is 9.24. The van der Waals surface area contributed by atoms with Crippen LogP contribution in [-0.2, 0) is 4.79 Å². The van der Waals surface area contributed by atoms with Gasteiger partial charge in [-0.2, -0.15) is 5.10 Å². The zero-order valence-electron chi connectivity index (χ0n) is 9.24. The fraction of sp³-hybridized carbons (Fsp3) is 0.700. The molecule has 0 bridgehead atoms. The van der Waals surface area contributed by atoms with Crippen molar-refractivity contribution in [3.63, 3.8) is 0 Å². The van der Waals surface area contributed by atoms with Crippen molar-refractivity contribution >= 4 is 5.91 Å². The molecule has 1 heterocycles. The highest BCUT2D eigenvalue weighted by Gasteiger charge is 2.50. The predicted octanol–water partition coefficient (Wildman–Crippen LogP) is 1.03. The molecule has 0 aromatic carbocycles. The number of aromatic amines is 1. The van der Waals surface area contributed by atoms with Gasteiger partial charge in [0.25, 0.3) is 0 Å². The zero-order chi connectivity index (χ0) is 11.1. The van der Waals surface area contributed by atoms with E-state index in [0.717, 1.165) is 6.42 Å². The average Bonchev–Trinajstić information content (AvgIpc) is 2.66. The summed E-state index contributed by atoms with van der Waals surface area (Å²) < 4.78 is 0. The van der Waals surface area contributed by atoms with Crippen LogP contribution >= 0.6 is 0 Å². The number of carbonyl (C=O) groups excluding carboxylic acids is 1. The van der Waals surface area contributed by atoms with Gasteiger partial charge in [-0.3, -0.25) is 9.89 Å². The number of nitrogens with one attached hydrogen (secondary N) is 2. The Kier molecular flexibility index (Phi) is 2.25. The van der Waals surface area contributed by atoms with Crippen LogP contribution in [0.3, 0.4) is 0 Å². The van der Waals surface area contributed by atoms with Crippen LogP contribution < -0.4 is 5.32 Å². The van der Waals surface area contributed by atoms with E-state index in [2.05, 4.69) is 34.3 Å². The molecule has 2 rings (SSSR count). The van der Waals surface area contributed by atoms with Crippen LogP contribution in [0.15, 0.2) is 6.33 Å². The summed E-state index contributed by atoms with van der Waals surface area (Å²) in [4.78, 5) is 15.8. The first kappa shape index (κ1) is 10.1. The Hall–Kier alpha value is -1.39. The smallest absolute Gasteiger partial charge is 0.224 e. The number of hydrogen-bond acceptors (Lipinski definition) is 3. The second-order valence-corrected chi connectivity index (χ2v) is 4.85. The third-order valence-electron chi connectivity index (χ3n) is 3.03. The predicted molar refractivity (Wildman–Crippen MR) is 54.8 cm³/mol. The van der Waals surface area contributed by atoms with Crippen LogP contribution in [0.5, 0.6) is 0 Å². The maximum atomic E-state index is 11.8. The quantitative estimate of drug-likeness (QED) is 0.779. The Morgan fingerprint density at radius 3 is 2.87 bits per heavy atom. The van der Waals surface area contributed by atoms with Crippen LogP contribution in [0.2, 0.25) is 0 Å². The third-order valence-corrected chi connectivity index (χ3v) is 3.03. The molecule has 2 N–H and O–H groups in total. The minimum Gasteiger partial charge on any atom is -0.346 e. The SMILES string of the molecule is CC(NC(=O)C1CC1(C)C)c1ncn[nH]1. The fourth-order valence-corrected chi connectivity index (χ4v) is 1.72. The molecule has 1 aromatic heterocycles. The fourth-order valence-electron chi connectivity index (χ4n) is 1.72. The Morgan fingerprint density at radius 1 is 1.73 bits per heavy atom. The Labute approximate surface area is 88.7 Å².